The largest absolute Gasteiger partial charge is 0.465 e. The van der Waals surface area contributed by atoms with Gasteiger partial charge < -0.3 is 4.42 Å². The lowest BCUT2D eigenvalue weighted by Crippen LogP contribution is -2.45. The van der Waals surface area contributed by atoms with E-state index >= 15 is 0 Å². The number of aryl methyl sites for hydroxylation is 1. The Labute approximate surface area is 115 Å². The highest BCUT2D eigenvalue weighted by Gasteiger charge is 2.30. The minimum absolute atomic E-state index is 0.279. The van der Waals surface area contributed by atoms with Gasteiger partial charge in [0.1, 0.15) is 11.5 Å². The summed E-state index contributed by atoms with van der Waals surface area (Å²) in [5, 5.41) is 0. The fourth-order valence-corrected chi connectivity index (χ4v) is 3.91. The molecular weight excluding hydrogens is 264 g/mol. The second kappa shape index (κ2) is 5.64. The zero-order chi connectivity index (χ0) is 14.0. The summed E-state index contributed by atoms with van der Waals surface area (Å²) in [7, 11) is -1.77. The first kappa shape index (κ1) is 14.6. The highest BCUT2D eigenvalue weighted by Crippen LogP contribution is 2.21. The highest BCUT2D eigenvalue weighted by molar-refractivity contribution is 7.86. The first-order chi connectivity index (χ1) is 8.89. The monoisotopic (exact) mass is 286 g/mol. The molecule has 0 bridgehead atoms. The van der Waals surface area contributed by atoms with E-state index in [9.17, 15) is 8.42 Å². The molecule has 1 aromatic heterocycles. The molecule has 1 aromatic rings. The van der Waals surface area contributed by atoms with Gasteiger partial charge in [-0.05, 0) is 37.8 Å². The van der Waals surface area contributed by atoms with Crippen molar-refractivity contribution in [3.8, 4) is 0 Å². The van der Waals surface area contributed by atoms with Crippen LogP contribution in [0.4, 0.5) is 0 Å². The van der Waals surface area contributed by atoms with E-state index in [0.717, 1.165) is 18.6 Å². The van der Waals surface area contributed by atoms with Gasteiger partial charge in [0.05, 0.1) is 6.54 Å². The number of hydrogen-bond acceptors (Lipinski definition) is 3. The van der Waals surface area contributed by atoms with Gasteiger partial charge in [0, 0.05) is 20.1 Å². The maximum Gasteiger partial charge on any atom is 0.282 e. The maximum absolute atomic E-state index is 12.5. The van der Waals surface area contributed by atoms with Crippen molar-refractivity contribution in [2.45, 2.75) is 33.2 Å². The number of furan rings is 1. The molecule has 1 saturated heterocycles. The average Bonchev–Trinajstić information content (AvgIpc) is 2.74. The summed E-state index contributed by atoms with van der Waals surface area (Å²) in [6, 6.07) is 3.67. The molecule has 108 valence electrons. The Kier molecular flexibility index (Phi) is 4.32. The van der Waals surface area contributed by atoms with Crippen molar-refractivity contribution in [2.75, 3.05) is 20.1 Å². The van der Waals surface area contributed by atoms with Gasteiger partial charge in [-0.1, -0.05) is 6.92 Å². The zero-order valence-corrected chi connectivity index (χ0v) is 12.6. The van der Waals surface area contributed by atoms with Crippen LogP contribution < -0.4 is 0 Å². The summed E-state index contributed by atoms with van der Waals surface area (Å²) >= 11 is 0. The predicted molar refractivity (Wildman–Crippen MR) is 73.8 cm³/mol. The van der Waals surface area contributed by atoms with Crippen LogP contribution in [0.5, 0.6) is 0 Å². The maximum atomic E-state index is 12.5. The molecular formula is C13H22N2O3S. The van der Waals surface area contributed by atoms with Crippen LogP contribution in [0.15, 0.2) is 16.5 Å². The third kappa shape index (κ3) is 3.38. The predicted octanol–water partition coefficient (Wildman–Crippen LogP) is 2.00. The first-order valence-electron chi connectivity index (χ1n) is 6.66. The molecule has 0 N–H and O–H groups in total. The lowest BCUT2D eigenvalue weighted by Gasteiger charge is -2.32. The van der Waals surface area contributed by atoms with Crippen LogP contribution in [0.2, 0.25) is 0 Å². The molecule has 0 aliphatic carbocycles. The summed E-state index contributed by atoms with van der Waals surface area (Å²) in [6.07, 6.45) is 2.04. The van der Waals surface area contributed by atoms with Crippen LogP contribution in [0.3, 0.4) is 0 Å². The van der Waals surface area contributed by atoms with E-state index in [1.165, 1.54) is 4.31 Å². The molecule has 1 fully saturated rings. The SMILES string of the molecule is Cc1ccc(CN(C)S(=O)(=O)N2CCCC(C)C2)o1. The fourth-order valence-electron chi connectivity index (χ4n) is 2.42. The topological polar surface area (TPSA) is 53.8 Å². The molecule has 0 saturated carbocycles. The van der Waals surface area contributed by atoms with E-state index in [-0.39, 0.29) is 6.54 Å². The standard InChI is InChI=1S/C13H22N2O3S/c1-11-5-4-8-15(9-11)19(16,17)14(3)10-13-7-6-12(2)18-13/h6-7,11H,4-5,8-10H2,1-3H3. The Morgan fingerprint density at radius 3 is 2.79 bits per heavy atom. The Hall–Kier alpha value is -0.850. The van der Waals surface area contributed by atoms with Crippen LogP contribution in [0.25, 0.3) is 0 Å². The Morgan fingerprint density at radius 2 is 2.21 bits per heavy atom. The molecule has 0 aromatic carbocycles. The van der Waals surface area contributed by atoms with E-state index in [2.05, 4.69) is 6.92 Å². The molecule has 1 aliphatic heterocycles. The van der Waals surface area contributed by atoms with E-state index in [1.54, 1.807) is 11.4 Å². The van der Waals surface area contributed by atoms with E-state index < -0.39 is 10.2 Å². The third-order valence-electron chi connectivity index (χ3n) is 3.51. The highest BCUT2D eigenvalue weighted by atomic mass is 32.2. The van der Waals surface area contributed by atoms with Crippen molar-refractivity contribution >= 4 is 10.2 Å². The van der Waals surface area contributed by atoms with Gasteiger partial charge in [0.25, 0.3) is 10.2 Å². The third-order valence-corrected chi connectivity index (χ3v) is 5.42. The van der Waals surface area contributed by atoms with Crippen LogP contribution in [0.1, 0.15) is 31.3 Å². The second-order valence-electron chi connectivity index (χ2n) is 5.38. The van der Waals surface area contributed by atoms with Crippen molar-refractivity contribution in [1.29, 1.82) is 0 Å². The molecule has 0 radical (unpaired) electrons. The van der Waals surface area contributed by atoms with Gasteiger partial charge in [-0.3, -0.25) is 0 Å². The smallest absolute Gasteiger partial charge is 0.282 e. The molecule has 6 heteroatoms. The average molecular weight is 286 g/mol. The Morgan fingerprint density at radius 1 is 1.47 bits per heavy atom. The van der Waals surface area contributed by atoms with Crippen molar-refractivity contribution in [1.82, 2.24) is 8.61 Å². The van der Waals surface area contributed by atoms with Crippen molar-refractivity contribution in [3.63, 3.8) is 0 Å². The van der Waals surface area contributed by atoms with E-state index in [4.69, 9.17) is 4.42 Å². The number of hydrogen-bond donors (Lipinski definition) is 0. The van der Waals surface area contributed by atoms with Crippen LogP contribution >= 0.6 is 0 Å². The molecule has 2 rings (SSSR count). The molecule has 1 aliphatic rings. The fraction of sp³-hybridized carbons (Fsp3) is 0.692. The van der Waals surface area contributed by atoms with Gasteiger partial charge in [-0.25, -0.2) is 0 Å². The molecule has 1 unspecified atom stereocenters. The minimum Gasteiger partial charge on any atom is -0.465 e. The van der Waals surface area contributed by atoms with Crippen LogP contribution in [-0.4, -0.2) is 37.2 Å². The quantitative estimate of drug-likeness (QED) is 0.850. The molecule has 19 heavy (non-hydrogen) atoms. The van der Waals surface area contributed by atoms with E-state index in [1.807, 2.05) is 19.1 Å². The number of rotatable bonds is 4. The van der Waals surface area contributed by atoms with Gasteiger partial charge in [0.15, 0.2) is 0 Å². The summed E-state index contributed by atoms with van der Waals surface area (Å²) in [6.45, 7) is 5.46. The lowest BCUT2D eigenvalue weighted by molar-refractivity contribution is 0.260. The molecule has 1 atom stereocenters. The van der Waals surface area contributed by atoms with Crippen molar-refractivity contribution in [3.05, 3.63) is 23.7 Å². The number of nitrogens with zero attached hydrogens (tertiary/aromatic N) is 2. The van der Waals surface area contributed by atoms with E-state index in [0.29, 0.717) is 24.8 Å². The summed E-state index contributed by atoms with van der Waals surface area (Å²) in [4.78, 5) is 0. The van der Waals surface area contributed by atoms with Crippen LogP contribution in [0, 0.1) is 12.8 Å². The van der Waals surface area contributed by atoms with Gasteiger partial charge in [-0.15, -0.1) is 0 Å². The summed E-state index contributed by atoms with van der Waals surface area (Å²) < 4.78 is 33.3. The van der Waals surface area contributed by atoms with Crippen molar-refractivity contribution < 1.29 is 12.8 Å². The molecule has 5 nitrogen and oxygen atoms in total. The van der Waals surface area contributed by atoms with Gasteiger partial charge in [0.2, 0.25) is 0 Å². The Balaban J connectivity index is 2.06. The summed E-state index contributed by atoms with van der Waals surface area (Å²) in [5.74, 6) is 1.91. The Bertz CT molecular complexity index is 524. The minimum atomic E-state index is -3.38. The number of piperidine rings is 1. The lowest BCUT2D eigenvalue weighted by atomic mass is 10.0. The summed E-state index contributed by atoms with van der Waals surface area (Å²) in [5.41, 5.74) is 0. The zero-order valence-electron chi connectivity index (χ0n) is 11.8. The van der Waals surface area contributed by atoms with Gasteiger partial charge >= 0.3 is 0 Å². The van der Waals surface area contributed by atoms with Crippen LogP contribution in [-0.2, 0) is 16.8 Å². The van der Waals surface area contributed by atoms with Gasteiger partial charge in [-0.2, -0.15) is 17.0 Å². The second-order valence-corrected chi connectivity index (χ2v) is 7.42. The normalized spacial score (nSPS) is 22.0. The molecule has 0 amide bonds. The molecule has 2 heterocycles. The van der Waals surface area contributed by atoms with Crippen molar-refractivity contribution in [2.24, 2.45) is 5.92 Å². The first-order valence-corrected chi connectivity index (χ1v) is 8.06. The molecule has 0 spiro atoms.